The van der Waals surface area contributed by atoms with E-state index in [0.29, 0.717) is 11.4 Å². The van der Waals surface area contributed by atoms with Crippen LogP contribution in [-0.4, -0.2) is 22.1 Å². The number of nitrogens with zero attached hydrogens (tertiary/aromatic N) is 3. The number of pyridine rings is 1. The van der Waals surface area contributed by atoms with Gasteiger partial charge in [-0.3, -0.25) is 0 Å². The van der Waals surface area contributed by atoms with Gasteiger partial charge in [-0.1, -0.05) is 52.0 Å². The number of nitrogen functional groups attached to an aromatic ring is 1. The van der Waals surface area contributed by atoms with Crippen molar-refractivity contribution < 1.29 is 9.13 Å². The van der Waals surface area contributed by atoms with Crippen LogP contribution in [0.4, 0.5) is 10.2 Å². The highest BCUT2D eigenvalue weighted by Crippen LogP contribution is 2.27. The molecule has 5 nitrogen and oxygen atoms in total. The average molecular weight is 370 g/mol. The van der Waals surface area contributed by atoms with Gasteiger partial charge in [0.15, 0.2) is 5.82 Å². The SMILES string of the molecule is CCCCCCC.COc1ncc(-c2ccc3ncnc(N)c3c2)cc1F. The van der Waals surface area contributed by atoms with Crippen molar-refractivity contribution in [3.05, 3.63) is 42.6 Å². The van der Waals surface area contributed by atoms with Crippen molar-refractivity contribution in [3.63, 3.8) is 0 Å². The number of aromatic nitrogens is 3. The summed E-state index contributed by atoms with van der Waals surface area (Å²) in [5, 5.41) is 0.723. The number of halogens is 1. The van der Waals surface area contributed by atoms with Gasteiger partial charge in [-0.15, -0.1) is 0 Å². The smallest absolute Gasteiger partial charge is 0.250 e. The van der Waals surface area contributed by atoms with Gasteiger partial charge in [0.2, 0.25) is 5.88 Å². The standard InChI is InChI=1S/C14H11FN4O.C7H16/c1-20-14-11(15)5-9(6-17-14)8-2-3-12-10(4-8)13(16)19-7-18-12;1-3-5-7-6-4-2/h2-7H,1H3,(H2,16,18,19);3-7H2,1-2H3. The van der Waals surface area contributed by atoms with E-state index in [0.717, 1.165) is 16.5 Å². The summed E-state index contributed by atoms with van der Waals surface area (Å²) in [6.45, 7) is 4.49. The zero-order valence-electron chi connectivity index (χ0n) is 16.2. The highest BCUT2D eigenvalue weighted by Gasteiger charge is 2.08. The Balaban J connectivity index is 0.000000321. The van der Waals surface area contributed by atoms with Gasteiger partial charge < -0.3 is 10.5 Å². The Labute approximate surface area is 159 Å². The number of methoxy groups -OCH3 is 1. The minimum atomic E-state index is -0.512. The van der Waals surface area contributed by atoms with Crippen molar-refractivity contribution in [1.82, 2.24) is 15.0 Å². The van der Waals surface area contributed by atoms with Crippen LogP contribution in [0.3, 0.4) is 0 Å². The van der Waals surface area contributed by atoms with Crippen LogP contribution in [0, 0.1) is 5.82 Å². The van der Waals surface area contributed by atoms with Crippen LogP contribution in [0.2, 0.25) is 0 Å². The predicted molar refractivity (Wildman–Crippen MR) is 108 cm³/mol. The van der Waals surface area contributed by atoms with E-state index < -0.39 is 5.82 Å². The summed E-state index contributed by atoms with van der Waals surface area (Å²) in [7, 11) is 1.37. The number of rotatable bonds is 6. The zero-order valence-corrected chi connectivity index (χ0v) is 16.2. The molecule has 0 bridgehead atoms. The van der Waals surface area contributed by atoms with E-state index in [4.69, 9.17) is 10.5 Å². The number of hydrogen-bond acceptors (Lipinski definition) is 5. The monoisotopic (exact) mass is 370 g/mol. The van der Waals surface area contributed by atoms with Crippen molar-refractivity contribution in [2.45, 2.75) is 46.0 Å². The van der Waals surface area contributed by atoms with Crippen LogP contribution >= 0.6 is 0 Å². The van der Waals surface area contributed by atoms with Crippen LogP contribution in [0.15, 0.2) is 36.8 Å². The molecule has 0 spiro atoms. The normalized spacial score (nSPS) is 10.4. The molecule has 2 heterocycles. The molecule has 2 aromatic heterocycles. The van der Waals surface area contributed by atoms with E-state index in [9.17, 15) is 4.39 Å². The molecule has 0 aliphatic carbocycles. The molecule has 0 atom stereocenters. The maximum Gasteiger partial charge on any atom is 0.250 e. The second-order valence-electron chi connectivity index (χ2n) is 6.27. The third kappa shape index (κ3) is 5.61. The Hall–Kier alpha value is -2.76. The van der Waals surface area contributed by atoms with Crippen molar-refractivity contribution >= 4 is 16.7 Å². The minimum absolute atomic E-state index is 0.0302. The fraction of sp³-hybridized carbons (Fsp3) is 0.381. The second kappa shape index (κ2) is 10.4. The molecule has 1 aromatic carbocycles. The summed E-state index contributed by atoms with van der Waals surface area (Å²) >= 11 is 0. The van der Waals surface area contributed by atoms with Gasteiger partial charge in [-0.25, -0.2) is 19.3 Å². The molecule has 0 amide bonds. The Morgan fingerprint density at radius 3 is 2.33 bits per heavy atom. The first-order valence-corrected chi connectivity index (χ1v) is 9.30. The highest BCUT2D eigenvalue weighted by atomic mass is 19.1. The topological polar surface area (TPSA) is 73.9 Å². The van der Waals surface area contributed by atoms with Crippen molar-refractivity contribution in [3.8, 4) is 17.0 Å². The molecular weight excluding hydrogens is 343 g/mol. The number of hydrogen-bond donors (Lipinski definition) is 1. The maximum absolute atomic E-state index is 13.7. The van der Waals surface area contributed by atoms with Crippen LogP contribution < -0.4 is 10.5 Å². The summed E-state index contributed by atoms with van der Waals surface area (Å²) in [6.07, 6.45) is 9.96. The Morgan fingerprint density at radius 2 is 1.70 bits per heavy atom. The molecule has 3 rings (SSSR count). The molecule has 2 N–H and O–H groups in total. The van der Waals surface area contributed by atoms with E-state index in [-0.39, 0.29) is 5.88 Å². The lowest BCUT2D eigenvalue weighted by atomic mass is 10.1. The molecule has 3 aromatic rings. The molecule has 27 heavy (non-hydrogen) atoms. The number of unbranched alkanes of at least 4 members (excludes halogenated alkanes) is 4. The molecule has 0 radical (unpaired) electrons. The van der Waals surface area contributed by atoms with Crippen LogP contribution in [0.5, 0.6) is 5.88 Å². The maximum atomic E-state index is 13.7. The van der Waals surface area contributed by atoms with Gasteiger partial charge in [0.25, 0.3) is 0 Å². The predicted octanol–water partition coefficient (Wildman–Crippen LogP) is 5.40. The van der Waals surface area contributed by atoms with Gasteiger partial charge in [0.1, 0.15) is 12.1 Å². The lowest BCUT2D eigenvalue weighted by Crippen LogP contribution is -1.94. The molecule has 0 saturated carbocycles. The van der Waals surface area contributed by atoms with Crippen LogP contribution in [-0.2, 0) is 0 Å². The quantitative estimate of drug-likeness (QED) is 0.588. The Kier molecular flexibility index (Phi) is 7.92. The summed E-state index contributed by atoms with van der Waals surface area (Å²) in [5.74, 6) is -0.154. The fourth-order valence-electron chi connectivity index (χ4n) is 2.67. The number of benzene rings is 1. The fourth-order valence-corrected chi connectivity index (χ4v) is 2.67. The summed E-state index contributed by atoms with van der Waals surface area (Å²) < 4.78 is 18.5. The molecule has 0 unspecified atom stereocenters. The van der Waals surface area contributed by atoms with Gasteiger partial charge in [0, 0.05) is 17.1 Å². The molecular formula is C21H27FN4O. The molecule has 0 aliphatic rings. The number of nitrogens with two attached hydrogens (primary N) is 1. The van der Waals surface area contributed by atoms with Gasteiger partial charge in [-0.2, -0.15) is 0 Å². The van der Waals surface area contributed by atoms with E-state index in [1.54, 1.807) is 6.20 Å². The van der Waals surface area contributed by atoms with E-state index in [2.05, 4.69) is 28.8 Å². The van der Waals surface area contributed by atoms with Gasteiger partial charge in [0.05, 0.1) is 12.6 Å². The number of fused-ring (bicyclic) bond motifs is 1. The van der Waals surface area contributed by atoms with Crippen LogP contribution in [0.1, 0.15) is 46.0 Å². The van der Waals surface area contributed by atoms with E-state index in [1.807, 2.05) is 18.2 Å². The van der Waals surface area contributed by atoms with Gasteiger partial charge in [-0.05, 0) is 23.8 Å². The Morgan fingerprint density at radius 1 is 0.963 bits per heavy atom. The second-order valence-corrected chi connectivity index (χ2v) is 6.27. The average Bonchev–Trinajstić information content (AvgIpc) is 2.69. The first kappa shape index (κ1) is 20.6. The minimum Gasteiger partial charge on any atom is -0.479 e. The van der Waals surface area contributed by atoms with E-state index in [1.165, 1.54) is 51.6 Å². The summed E-state index contributed by atoms with van der Waals surface area (Å²) in [5.41, 5.74) is 7.98. The first-order chi connectivity index (χ1) is 13.1. The van der Waals surface area contributed by atoms with Crippen molar-refractivity contribution in [2.24, 2.45) is 0 Å². The first-order valence-electron chi connectivity index (χ1n) is 9.30. The summed E-state index contributed by atoms with van der Waals surface area (Å²) in [6, 6.07) is 6.82. The largest absolute Gasteiger partial charge is 0.479 e. The highest BCUT2D eigenvalue weighted by molar-refractivity contribution is 5.91. The number of ether oxygens (including phenoxy) is 1. The van der Waals surface area contributed by atoms with E-state index >= 15 is 0 Å². The van der Waals surface area contributed by atoms with Gasteiger partial charge >= 0.3 is 0 Å². The van der Waals surface area contributed by atoms with Crippen molar-refractivity contribution in [2.75, 3.05) is 12.8 Å². The zero-order chi connectivity index (χ0) is 19.6. The van der Waals surface area contributed by atoms with Crippen LogP contribution in [0.25, 0.3) is 22.0 Å². The molecule has 0 fully saturated rings. The summed E-state index contributed by atoms with van der Waals surface area (Å²) in [4.78, 5) is 12.0. The molecule has 0 aliphatic heterocycles. The molecule has 144 valence electrons. The molecule has 6 heteroatoms. The lowest BCUT2D eigenvalue weighted by molar-refractivity contribution is 0.369. The lowest BCUT2D eigenvalue weighted by Gasteiger charge is -2.06. The van der Waals surface area contributed by atoms with Crippen molar-refractivity contribution in [1.29, 1.82) is 0 Å². The number of anilines is 1. The Bertz CT molecular complexity index is 866. The third-order valence-electron chi connectivity index (χ3n) is 4.21. The third-order valence-corrected chi connectivity index (χ3v) is 4.21. The molecule has 0 saturated heterocycles.